The van der Waals surface area contributed by atoms with E-state index in [1.54, 1.807) is 0 Å². The number of hydrogen-bond acceptors (Lipinski definition) is 0. The summed E-state index contributed by atoms with van der Waals surface area (Å²) in [5.41, 5.74) is 3.62. The zero-order valence-electron chi connectivity index (χ0n) is 14.6. The number of benzene rings is 2. The minimum atomic E-state index is -1.37. The van der Waals surface area contributed by atoms with Crippen molar-refractivity contribution >= 4 is 10.8 Å². The molecule has 0 saturated carbocycles. The van der Waals surface area contributed by atoms with E-state index in [0.717, 1.165) is 24.2 Å². The van der Waals surface area contributed by atoms with E-state index < -0.39 is 6.50 Å². The topological polar surface area (TPSA) is 8.81 Å². The fourth-order valence-corrected chi connectivity index (χ4v) is 3.32. The number of fused-ring (bicyclic) bond motifs is 3. The molecule has 0 amide bonds. The standard InChI is InChI=1S/C19H21N2/c1-14-6-8-16-9-7-15-5-3-4-10-21-12-11-20(2)19(21)18(14)17(16)13-15/h6-9,11-13H,3-5,10H2,1-2H3/q+1/i10D2. The monoisotopic (exact) mass is 279 g/mol. The lowest BCUT2D eigenvalue weighted by molar-refractivity contribution is -0.685. The minimum Gasteiger partial charge on any atom is -0.233 e. The van der Waals surface area contributed by atoms with E-state index in [1.807, 2.05) is 28.6 Å². The number of aromatic nitrogens is 2. The van der Waals surface area contributed by atoms with Gasteiger partial charge in [-0.05, 0) is 48.1 Å². The smallest absolute Gasteiger partial charge is 0.233 e. The Kier molecular flexibility index (Phi) is 2.39. The molecule has 0 spiro atoms. The Balaban J connectivity index is 2.16. The van der Waals surface area contributed by atoms with E-state index in [4.69, 9.17) is 2.74 Å². The highest BCUT2D eigenvalue weighted by Gasteiger charge is 2.22. The van der Waals surface area contributed by atoms with Crippen LogP contribution in [0.5, 0.6) is 0 Å². The van der Waals surface area contributed by atoms with Crippen molar-refractivity contribution in [1.82, 2.24) is 4.57 Å². The van der Waals surface area contributed by atoms with Crippen LogP contribution in [0.1, 0.15) is 26.7 Å². The van der Waals surface area contributed by atoms with E-state index in [-0.39, 0.29) is 0 Å². The van der Waals surface area contributed by atoms with Gasteiger partial charge in [-0.1, -0.05) is 30.3 Å². The zero-order valence-corrected chi connectivity index (χ0v) is 12.6. The zero-order chi connectivity index (χ0) is 16.2. The number of nitrogens with zero attached hydrogens (tertiary/aromatic N) is 2. The van der Waals surface area contributed by atoms with Gasteiger partial charge in [-0.25, -0.2) is 9.13 Å². The van der Waals surface area contributed by atoms with Crippen LogP contribution < -0.4 is 4.57 Å². The van der Waals surface area contributed by atoms with Gasteiger partial charge in [0.1, 0.15) is 12.4 Å². The van der Waals surface area contributed by atoms with E-state index in [0.29, 0.717) is 6.42 Å². The Morgan fingerprint density at radius 1 is 1.19 bits per heavy atom. The van der Waals surface area contributed by atoms with Crippen LogP contribution in [0.15, 0.2) is 42.7 Å². The van der Waals surface area contributed by atoms with Gasteiger partial charge < -0.3 is 0 Å². The maximum atomic E-state index is 8.56. The molecule has 4 rings (SSSR count). The van der Waals surface area contributed by atoms with Crippen molar-refractivity contribution in [2.45, 2.75) is 32.7 Å². The van der Waals surface area contributed by atoms with Gasteiger partial charge in [-0.3, -0.25) is 0 Å². The first-order valence-corrected chi connectivity index (χ1v) is 7.57. The lowest BCUT2D eigenvalue weighted by Crippen LogP contribution is -2.35. The summed E-state index contributed by atoms with van der Waals surface area (Å²) in [4.78, 5) is 0. The van der Waals surface area contributed by atoms with E-state index in [9.17, 15) is 0 Å². The van der Waals surface area contributed by atoms with Gasteiger partial charge in [-0.15, -0.1) is 0 Å². The molecule has 0 atom stereocenters. The summed E-state index contributed by atoms with van der Waals surface area (Å²) < 4.78 is 21.0. The molecule has 2 bridgehead atoms. The summed E-state index contributed by atoms with van der Waals surface area (Å²) in [6.45, 7) is 0.738. The highest BCUT2D eigenvalue weighted by atomic mass is 15.1. The average molecular weight is 279 g/mol. The van der Waals surface area contributed by atoms with Crippen molar-refractivity contribution in [2.75, 3.05) is 0 Å². The molecular formula is C19H21N2+. The predicted molar refractivity (Wildman–Crippen MR) is 86.2 cm³/mol. The number of aryl methyl sites for hydroxylation is 4. The molecule has 0 radical (unpaired) electrons. The second kappa shape index (κ2) is 4.73. The van der Waals surface area contributed by atoms with Gasteiger partial charge >= 0.3 is 0 Å². The first kappa shape index (κ1) is 10.6. The van der Waals surface area contributed by atoms with Crippen molar-refractivity contribution < 1.29 is 7.31 Å². The van der Waals surface area contributed by atoms with Gasteiger partial charge in [0.15, 0.2) is 0 Å². The van der Waals surface area contributed by atoms with E-state index in [2.05, 4.69) is 37.3 Å². The van der Waals surface area contributed by atoms with Gasteiger partial charge in [0.2, 0.25) is 0 Å². The third-order valence-electron chi connectivity index (χ3n) is 4.44. The Morgan fingerprint density at radius 3 is 2.95 bits per heavy atom. The lowest BCUT2D eigenvalue weighted by atomic mass is 9.95. The largest absolute Gasteiger partial charge is 0.289 e. The molecule has 3 aromatic rings. The molecule has 106 valence electrons. The van der Waals surface area contributed by atoms with Crippen molar-refractivity contribution in [3.63, 3.8) is 0 Å². The third kappa shape index (κ3) is 1.98. The summed E-state index contributed by atoms with van der Waals surface area (Å²) in [5.74, 6) is 0.942. The molecule has 1 aromatic heterocycles. The minimum absolute atomic E-state index is 0.522. The average Bonchev–Trinajstić information content (AvgIpc) is 2.89. The van der Waals surface area contributed by atoms with Crippen LogP contribution in [0.3, 0.4) is 0 Å². The quantitative estimate of drug-likeness (QED) is 0.554. The van der Waals surface area contributed by atoms with Crippen LogP contribution >= 0.6 is 0 Å². The fourth-order valence-electron chi connectivity index (χ4n) is 3.32. The molecule has 1 aliphatic rings. The molecule has 2 aromatic carbocycles. The molecule has 21 heavy (non-hydrogen) atoms. The van der Waals surface area contributed by atoms with Crippen molar-refractivity contribution in [1.29, 1.82) is 0 Å². The third-order valence-corrected chi connectivity index (χ3v) is 4.44. The summed E-state index contributed by atoms with van der Waals surface area (Å²) in [6, 6.07) is 11.0. The molecule has 0 N–H and O–H groups in total. The van der Waals surface area contributed by atoms with Crippen LogP contribution in [0.4, 0.5) is 0 Å². The number of rotatable bonds is 0. The maximum Gasteiger partial charge on any atom is 0.289 e. The fraction of sp³-hybridized carbons (Fsp3) is 0.316. The Bertz CT molecular complexity index is 909. The Morgan fingerprint density at radius 2 is 2.05 bits per heavy atom. The highest BCUT2D eigenvalue weighted by Crippen LogP contribution is 2.31. The summed E-state index contributed by atoms with van der Waals surface area (Å²) in [7, 11) is 2.00. The maximum absolute atomic E-state index is 8.56. The predicted octanol–water partition coefficient (Wildman–Crippen LogP) is 3.78. The van der Waals surface area contributed by atoms with Crippen molar-refractivity contribution in [3.05, 3.63) is 53.9 Å². The Labute approximate surface area is 128 Å². The van der Waals surface area contributed by atoms with Crippen LogP contribution in [0, 0.1) is 6.92 Å². The lowest BCUT2D eigenvalue weighted by Gasteiger charge is -2.13. The van der Waals surface area contributed by atoms with Gasteiger partial charge in [0.05, 0.1) is 21.8 Å². The molecule has 2 nitrogen and oxygen atoms in total. The van der Waals surface area contributed by atoms with E-state index in [1.165, 1.54) is 21.9 Å². The van der Waals surface area contributed by atoms with Crippen LogP contribution in [0.25, 0.3) is 22.2 Å². The number of imidazole rings is 1. The first-order valence-electron chi connectivity index (χ1n) is 8.57. The Hall–Kier alpha value is -2.09. The molecule has 2 heterocycles. The molecule has 0 saturated heterocycles. The molecule has 0 unspecified atom stereocenters. The molecule has 2 heteroatoms. The second-order valence-corrected chi connectivity index (χ2v) is 5.93. The summed E-state index contributed by atoms with van der Waals surface area (Å²) in [5, 5.41) is 2.43. The summed E-state index contributed by atoms with van der Waals surface area (Å²) in [6.07, 6.45) is 6.12. The molecule has 0 fully saturated rings. The van der Waals surface area contributed by atoms with Crippen molar-refractivity contribution in [3.8, 4) is 11.4 Å². The van der Waals surface area contributed by atoms with Crippen molar-refractivity contribution in [2.24, 2.45) is 7.05 Å². The normalized spacial score (nSPS) is 18.2. The van der Waals surface area contributed by atoms with Gasteiger partial charge in [0.25, 0.3) is 5.82 Å². The SMILES string of the molecule is [2H]C1([2H])CCCc2ccc3ccc(C)c(c3c2)-c2n(C)cc[n+]21. The molecular weight excluding hydrogens is 256 g/mol. The highest BCUT2D eigenvalue weighted by molar-refractivity contribution is 5.96. The van der Waals surface area contributed by atoms with Crippen LogP contribution in [-0.4, -0.2) is 4.57 Å². The number of hydrogen-bond donors (Lipinski definition) is 0. The van der Waals surface area contributed by atoms with Crippen LogP contribution in [-0.2, 0) is 20.0 Å². The van der Waals surface area contributed by atoms with Gasteiger partial charge in [0, 0.05) is 0 Å². The molecule has 1 aliphatic heterocycles. The first-order chi connectivity index (χ1) is 11.0. The second-order valence-electron chi connectivity index (χ2n) is 5.93. The van der Waals surface area contributed by atoms with E-state index >= 15 is 0 Å². The molecule has 0 aliphatic carbocycles. The van der Waals surface area contributed by atoms with Crippen LogP contribution in [0.2, 0.25) is 0 Å². The summed E-state index contributed by atoms with van der Waals surface area (Å²) >= 11 is 0. The van der Waals surface area contributed by atoms with Gasteiger partial charge in [-0.2, -0.15) is 0 Å².